The summed E-state index contributed by atoms with van der Waals surface area (Å²) in [7, 11) is 0. The van der Waals surface area contributed by atoms with Crippen molar-refractivity contribution in [1.82, 2.24) is 15.8 Å². The lowest BCUT2D eigenvalue weighted by Gasteiger charge is -2.06. The van der Waals surface area contributed by atoms with Crippen molar-refractivity contribution >= 4 is 40.6 Å². The quantitative estimate of drug-likeness (QED) is 0.404. The lowest BCUT2D eigenvalue weighted by atomic mass is 10.1. The molecular weight excluding hydrogens is 365 g/mol. The van der Waals surface area contributed by atoms with Gasteiger partial charge in [-0.05, 0) is 24.3 Å². The van der Waals surface area contributed by atoms with Gasteiger partial charge in [-0.3, -0.25) is 25.4 Å². The van der Waals surface area contributed by atoms with E-state index in [2.05, 4.69) is 15.8 Å². The number of halogens is 1. The average molecular weight is 381 g/mol. The fourth-order valence-corrected chi connectivity index (χ4v) is 3.08. The van der Waals surface area contributed by atoms with E-state index in [4.69, 9.17) is 0 Å². The zero-order chi connectivity index (χ0) is 19.1. The maximum atomic E-state index is 13.5. The van der Waals surface area contributed by atoms with Crippen molar-refractivity contribution in [3.05, 3.63) is 78.3 Å². The highest BCUT2D eigenvalue weighted by Crippen LogP contribution is 2.20. The lowest BCUT2D eigenvalue weighted by molar-refractivity contribution is -0.125. The molecule has 27 heavy (non-hydrogen) atoms. The molecule has 5 nitrogen and oxygen atoms in total. The molecule has 0 aliphatic heterocycles. The van der Waals surface area contributed by atoms with Crippen LogP contribution in [0.4, 0.5) is 4.39 Å². The van der Waals surface area contributed by atoms with Crippen LogP contribution in [0, 0.1) is 5.82 Å². The van der Waals surface area contributed by atoms with Gasteiger partial charge in [0.15, 0.2) is 0 Å². The summed E-state index contributed by atoms with van der Waals surface area (Å²) >= 11 is 1.05. The van der Waals surface area contributed by atoms with Gasteiger partial charge >= 0.3 is 0 Å². The van der Waals surface area contributed by atoms with Crippen molar-refractivity contribution in [2.75, 3.05) is 5.75 Å². The van der Waals surface area contributed by atoms with E-state index >= 15 is 0 Å². The Labute approximate surface area is 159 Å². The van der Waals surface area contributed by atoms with E-state index in [9.17, 15) is 14.0 Å². The number of carbonyl (C=O) groups is 2. The van der Waals surface area contributed by atoms with Gasteiger partial charge in [0.1, 0.15) is 5.82 Å². The molecular formula is C20H16FN3O2S. The summed E-state index contributed by atoms with van der Waals surface area (Å²) in [6.45, 7) is 0. The molecule has 3 rings (SSSR count). The molecule has 2 N–H and O–H groups in total. The van der Waals surface area contributed by atoms with Gasteiger partial charge in [-0.25, -0.2) is 4.39 Å². The predicted molar refractivity (Wildman–Crippen MR) is 104 cm³/mol. The van der Waals surface area contributed by atoms with Gasteiger partial charge in [0, 0.05) is 28.1 Å². The van der Waals surface area contributed by atoms with Crippen molar-refractivity contribution in [3.63, 3.8) is 0 Å². The number of fused-ring (bicyclic) bond motifs is 1. The third kappa shape index (κ3) is 5.15. The summed E-state index contributed by atoms with van der Waals surface area (Å²) in [6.07, 6.45) is 4.63. The standard InChI is InChI=1S/C20H16FN3O2S/c21-16-8-1-2-9-17(16)27-13-19(26)24-23-18(25)11-10-15-6-3-5-14-7-4-12-22-20(14)15/h1-12H,13H2,(H,23,25)(H,24,26)/b11-10+. The Morgan fingerprint density at radius 3 is 2.70 bits per heavy atom. The van der Waals surface area contributed by atoms with Gasteiger partial charge in [0.2, 0.25) is 5.91 Å². The molecule has 0 saturated heterocycles. The lowest BCUT2D eigenvalue weighted by Crippen LogP contribution is -2.41. The molecule has 0 unspecified atom stereocenters. The molecule has 0 bridgehead atoms. The highest BCUT2D eigenvalue weighted by molar-refractivity contribution is 8.00. The number of nitrogens with zero attached hydrogens (tertiary/aromatic N) is 1. The van der Waals surface area contributed by atoms with Crippen LogP contribution < -0.4 is 10.9 Å². The number of rotatable bonds is 5. The van der Waals surface area contributed by atoms with Crippen LogP contribution in [0.15, 0.2) is 71.8 Å². The topological polar surface area (TPSA) is 71.1 Å². The normalized spacial score (nSPS) is 10.9. The molecule has 0 aliphatic rings. The second-order valence-electron chi connectivity index (χ2n) is 5.51. The smallest absolute Gasteiger partial charge is 0.262 e. The number of para-hydroxylation sites is 1. The maximum absolute atomic E-state index is 13.5. The minimum absolute atomic E-state index is 0.0157. The van der Waals surface area contributed by atoms with Crippen molar-refractivity contribution in [2.24, 2.45) is 0 Å². The molecule has 0 saturated carbocycles. The van der Waals surface area contributed by atoms with Gasteiger partial charge in [-0.2, -0.15) is 0 Å². The van der Waals surface area contributed by atoms with Crippen LogP contribution in [0.25, 0.3) is 17.0 Å². The summed E-state index contributed by atoms with van der Waals surface area (Å²) in [5.41, 5.74) is 6.18. The van der Waals surface area contributed by atoms with Crippen molar-refractivity contribution in [1.29, 1.82) is 0 Å². The Kier molecular flexibility index (Phi) is 6.17. The fraction of sp³-hybridized carbons (Fsp3) is 0.0500. The Balaban J connectivity index is 1.51. The zero-order valence-corrected chi connectivity index (χ0v) is 15.0. The predicted octanol–water partition coefficient (Wildman–Crippen LogP) is 3.33. The summed E-state index contributed by atoms with van der Waals surface area (Å²) in [6, 6.07) is 15.6. The van der Waals surface area contributed by atoms with Crippen molar-refractivity contribution in [2.45, 2.75) is 4.90 Å². The first kappa shape index (κ1) is 18.6. The number of aromatic nitrogens is 1. The van der Waals surface area contributed by atoms with Gasteiger partial charge in [-0.1, -0.05) is 36.4 Å². The van der Waals surface area contributed by atoms with Crippen LogP contribution in [-0.4, -0.2) is 22.6 Å². The van der Waals surface area contributed by atoms with Crippen LogP contribution in [0.2, 0.25) is 0 Å². The van der Waals surface area contributed by atoms with E-state index in [0.717, 1.165) is 28.2 Å². The van der Waals surface area contributed by atoms with Gasteiger partial charge in [-0.15, -0.1) is 11.8 Å². The van der Waals surface area contributed by atoms with Crippen molar-refractivity contribution < 1.29 is 14.0 Å². The number of hydrogen-bond donors (Lipinski definition) is 2. The first-order valence-corrected chi connectivity index (χ1v) is 9.10. The van der Waals surface area contributed by atoms with Crippen LogP contribution >= 0.6 is 11.8 Å². The van der Waals surface area contributed by atoms with Crippen molar-refractivity contribution in [3.8, 4) is 0 Å². The summed E-state index contributed by atoms with van der Waals surface area (Å²) in [4.78, 5) is 28.3. The molecule has 3 aromatic rings. The number of hydrazine groups is 1. The monoisotopic (exact) mass is 381 g/mol. The third-order valence-corrected chi connectivity index (χ3v) is 4.65. The Hall–Kier alpha value is -3.19. The Bertz CT molecular complexity index is 1000. The molecule has 0 spiro atoms. The number of amides is 2. The number of hydrogen-bond acceptors (Lipinski definition) is 4. The van der Waals surface area contributed by atoms with E-state index in [0.29, 0.717) is 4.90 Å². The minimum atomic E-state index is -0.479. The second kappa shape index (κ2) is 8.95. The molecule has 0 atom stereocenters. The van der Waals surface area contributed by atoms with Gasteiger partial charge < -0.3 is 0 Å². The zero-order valence-electron chi connectivity index (χ0n) is 14.2. The Morgan fingerprint density at radius 2 is 1.85 bits per heavy atom. The summed E-state index contributed by atoms with van der Waals surface area (Å²) < 4.78 is 13.5. The van der Waals surface area contributed by atoms with Gasteiger partial charge in [0.25, 0.3) is 5.91 Å². The average Bonchev–Trinajstić information content (AvgIpc) is 2.70. The fourth-order valence-electron chi connectivity index (χ4n) is 2.34. The highest BCUT2D eigenvalue weighted by Gasteiger charge is 2.07. The number of benzene rings is 2. The number of pyridine rings is 1. The number of nitrogens with one attached hydrogen (secondary N) is 2. The SMILES string of the molecule is O=C(/C=C/c1cccc2cccnc12)NNC(=O)CSc1ccccc1F. The second-order valence-corrected chi connectivity index (χ2v) is 6.53. The molecule has 1 heterocycles. The number of thioether (sulfide) groups is 1. The molecule has 0 fully saturated rings. The molecule has 7 heteroatoms. The highest BCUT2D eigenvalue weighted by atomic mass is 32.2. The Morgan fingerprint density at radius 1 is 1.04 bits per heavy atom. The maximum Gasteiger partial charge on any atom is 0.262 e. The van der Waals surface area contributed by atoms with Crippen LogP contribution in [0.5, 0.6) is 0 Å². The van der Waals surface area contributed by atoms with E-state index in [1.807, 2.05) is 30.3 Å². The van der Waals surface area contributed by atoms with Crippen LogP contribution in [-0.2, 0) is 9.59 Å². The molecule has 2 aromatic carbocycles. The van der Waals surface area contributed by atoms with Crippen LogP contribution in [0.1, 0.15) is 5.56 Å². The largest absolute Gasteiger partial charge is 0.272 e. The molecule has 136 valence electrons. The third-order valence-electron chi connectivity index (χ3n) is 3.60. The molecule has 1 aromatic heterocycles. The van der Waals surface area contributed by atoms with E-state index in [-0.39, 0.29) is 11.6 Å². The number of carbonyl (C=O) groups excluding carboxylic acids is 2. The van der Waals surface area contributed by atoms with Crippen LogP contribution in [0.3, 0.4) is 0 Å². The molecule has 2 amide bonds. The first-order valence-electron chi connectivity index (χ1n) is 8.11. The molecule has 0 aliphatic carbocycles. The summed E-state index contributed by atoms with van der Waals surface area (Å²) in [5.74, 6) is -1.31. The van der Waals surface area contributed by atoms with E-state index < -0.39 is 11.8 Å². The summed E-state index contributed by atoms with van der Waals surface area (Å²) in [5, 5.41) is 0.971. The first-order chi connectivity index (χ1) is 13.1. The van der Waals surface area contributed by atoms with E-state index in [1.54, 1.807) is 30.5 Å². The van der Waals surface area contributed by atoms with Gasteiger partial charge in [0.05, 0.1) is 11.3 Å². The molecule has 0 radical (unpaired) electrons. The van der Waals surface area contributed by atoms with E-state index in [1.165, 1.54) is 12.1 Å². The minimum Gasteiger partial charge on any atom is -0.272 e.